The molecule has 0 N–H and O–H groups in total. The number of hydrogen-bond donors (Lipinski definition) is 0. The molecule has 3 fully saturated rings. The van der Waals surface area contributed by atoms with E-state index in [9.17, 15) is 4.79 Å². The van der Waals surface area contributed by atoms with E-state index < -0.39 is 0 Å². The number of para-hydroxylation sites is 1. The number of rotatable bonds is 2. The summed E-state index contributed by atoms with van der Waals surface area (Å²) in [6.45, 7) is 3.75. The monoisotopic (exact) mass is 340 g/mol. The minimum Gasteiger partial charge on any atom is -0.378 e. The molecular formula is C21H28N2O2. The van der Waals surface area contributed by atoms with Crippen molar-refractivity contribution in [1.82, 2.24) is 4.90 Å². The molecule has 25 heavy (non-hydrogen) atoms. The lowest BCUT2D eigenvalue weighted by Crippen LogP contribution is -2.64. The van der Waals surface area contributed by atoms with Gasteiger partial charge >= 0.3 is 0 Å². The molecule has 4 aliphatic rings. The molecule has 3 aliphatic heterocycles. The molecule has 1 aromatic rings. The van der Waals surface area contributed by atoms with Crippen LogP contribution in [-0.4, -0.2) is 48.7 Å². The van der Waals surface area contributed by atoms with Crippen LogP contribution in [0.25, 0.3) is 0 Å². The Morgan fingerprint density at radius 3 is 2.68 bits per heavy atom. The van der Waals surface area contributed by atoms with E-state index in [1.54, 1.807) is 0 Å². The van der Waals surface area contributed by atoms with Crippen LogP contribution in [0.3, 0.4) is 0 Å². The first kappa shape index (κ1) is 15.8. The van der Waals surface area contributed by atoms with E-state index in [4.69, 9.17) is 4.74 Å². The van der Waals surface area contributed by atoms with Gasteiger partial charge in [-0.3, -0.25) is 9.69 Å². The summed E-state index contributed by atoms with van der Waals surface area (Å²) >= 11 is 0. The number of likely N-dealkylation sites (tertiary alicyclic amines) is 1. The van der Waals surface area contributed by atoms with Crippen LogP contribution in [0.5, 0.6) is 0 Å². The molecule has 5 rings (SSSR count). The number of hydrogen-bond acceptors (Lipinski definition) is 3. The number of carbonyl (C=O) groups excluding carboxylic acids is 1. The number of anilines is 1. The van der Waals surface area contributed by atoms with Crippen molar-refractivity contribution in [2.24, 2.45) is 5.92 Å². The standard InChI is InChI=1S/C21H28N2O2/c24-20(16-6-1-2-7-16)22-15-21(12-17-8-3-4-9-19(17)22)10-5-11-23(21)18-13-25-14-18/h3-4,8-9,16,18H,1-2,5-7,10-15H2. The van der Waals surface area contributed by atoms with E-state index in [2.05, 4.69) is 34.1 Å². The van der Waals surface area contributed by atoms with Crippen LogP contribution in [0.2, 0.25) is 0 Å². The summed E-state index contributed by atoms with van der Waals surface area (Å²) in [4.78, 5) is 18.2. The number of fused-ring (bicyclic) bond motifs is 1. The third-order valence-corrected chi connectivity index (χ3v) is 6.94. The molecule has 1 aromatic carbocycles. The zero-order valence-electron chi connectivity index (χ0n) is 15.0. The zero-order chi connectivity index (χ0) is 16.9. The van der Waals surface area contributed by atoms with E-state index >= 15 is 0 Å². The summed E-state index contributed by atoms with van der Waals surface area (Å²) in [6, 6.07) is 9.15. The fraction of sp³-hybridized carbons (Fsp3) is 0.667. The van der Waals surface area contributed by atoms with Gasteiger partial charge in [-0.2, -0.15) is 0 Å². The van der Waals surface area contributed by atoms with Crippen molar-refractivity contribution < 1.29 is 9.53 Å². The van der Waals surface area contributed by atoms with E-state index in [1.165, 1.54) is 36.9 Å². The quantitative estimate of drug-likeness (QED) is 0.830. The summed E-state index contributed by atoms with van der Waals surface area (Å²) in [5.41, 5.74) is 2.64. The van der Waals surface area contributed by atoms with Gasteiger partial charge in [-0.15, -0.1) is 0 Å². The number of amides is 1. The minimum atomic E-state index is 0.122. The molecular weight excluding hydrogens is 312 g/mol. The Labute approximate surface area is 150 Å². The van der Waals surface area contributed by atoms with Gasteiger partial charge in [-0.05, 0) is 50.3 Å². The van der Waals surface area contributed by atoms with Crippen molar-refractivity contribution in [3.63, 3.8) is 0 Å². The highest BCUT2D eigenvalue weighted by Crippen LogP contribution is 2.43. The zero-order valence-corrected chi connectivity index (χ0v) is 15.0. The molecule has 1 saturated carbocycles. The predicted octanol–water partition coefficient (Wildman–Crippen LogP) is 3.00. The number of ether oxygens (including phenoxy) is 1. The lowest BCUT2D eigenvalue weighted by molar-refractivity contribution is -0.123. The fourth-order valence-corrected chi connectivity index (χ4v) is 5.60. The summed E-state index contributed by atoms with van der Waals surface area (Å²) < 4.78 is 5.48. The van der Waals surface area contributed by atoms with E-state index in [0.717, 1.165) is 45.6 Å². The Hall–Kier alpha value is -1.39. The number of nitrogens with zero attached hydrogens (tertiary/aromatic N) is 2. The van der Waals surface area contributed by atoms with Gasteiger partial charge in [-0.1, -0.05) is 31.0 Å². The smallest absolute Gasteiger partial charge is 0.230 e. The van der Waals surface area contributed by atoms with Gasteiger partial charge in [0.1, 0.15) is 0 Å². The number of carbonyl (C=O) groups is 1. The molecule has 0 radical (unpaired) electrons. The third kappa shape index (κ3) is 2.53. The van der Waals surface area contributed by atoms with Crippen molar-refractivity contribution in [3.05, 3.63) is 29.8 Å². The maximum atomic E-state index is 13.3. The SMILES string of the molecule is O=C(C1CCCC1)N1CC2(CCCN2C2COC2)Cc2ccccc21. The summed E-state index contributed by atoms with van der Waals surface area (Å²) in [6.07, 6.45) is 8.09. The number of benzene rings is 1. The van der Waals surface area contributed by atoms with E-state index in [0.29, 0.717) is 11.9 Å². The van der Waals surface area contributed by atoms with Gasteiger partial charge in [0, 0.05) is 23.7 Å². The van der Waals surface area contributed by atoms with Crippen molar-refractivity contribution >= 4 is 11.6 Å². The van der Waals surface area contributed by atoms with Gasteiger partial charge in [0.05, 0.1) is 19.3 Å². The van der Waals surface area contributed by atoms with Crippen LogP contribution >= 0.6 is 0 Å². The van der Waals surface area contributed by atoms with Crippen LogP contribution in [0.4, 0.5) is 5.69 Å². The second-order valence-corrected chi connectivity index (χ2v) is 8.42. The molecule has 0 bridgehead atoms. The molecule has 1 atom stereocenters. The summed E-state index contributed by atoms with van der Waals surface area (Å²) in [5, 5.41) is 0. The molecule has 3 heterocycles. The lowest BCUT2D eigenvalue weighted by atomic mass is 9.81. The van der Waals surface area contributed by atoms with Crippen molar-refractivity contribution in [1.29, 1.82) is 0 Å². The van der Waals surface area contributed by atoms with E-state index in [1.807, 2.05) is 0 Å². The molecule has 1 unspecified atom stereocenters. The molecule has 0 aromatic heterocycles. The lowest BCUT2D eigenvalue weighted by Gasteiger charge is -2.51. The molecule has 4 nitrogen and oxygen atoms in total. The molecule has 2 saturated heterocycles. The first-order chi connectivity index (χ1) is 12.3. The molecule has 1 spiro atoms. The van der Waals surface area contributed by atoms with Gasteiger partial charge < -0.3 is 9.64 Å². The molecule has 134 valence electrons. The second-order valence-electron chi connectivity index (χ2n) is 8.42. The largest absolute Gasteiger partial charge is 0.378 e. The van der Waals surface area contributed by atoms with Crippen LogP contribution < -0.4 is 4.90 Å². The maximum Gasteiger partial charge on any atom is 0.230 e. The van der Waals surface area contributed by atoms with Gasteiger partial charge in [0.25, 0.3) is 0 Å². The Morgan fingerprint density at radius 1 is 1.12 bits per heavy atom. The molecule has 1 amide bonds. The van der Waals surface area contributed by atoms with Gasteiger partial charge in [0.2, 0.25) is 5.91 Å². The molecule has 4 heteroatoms. The molecule has 1 aliphatic carbocycles. The van der Waals surface area contributed by atoms with Crippen LogP contribution in [0, 0.1) is 5.92 Å². The third-order valence-electron chi connectivity index (χ3n) is 6.94. The first-order valence-corrected chi connectivity index (χ1v) is 10.0. The highest BCUT2D eigenvalue weighted by atomic mass is 16.5. The maximum absolute atomic E-state index is 13.3. The second kappa shape index (κ2) is 6.10. The van der Waals surface area contributed by atoms with E-state index in [-0.39, 0.29) is 11.5 Å². The summed E-state index contributed by atoms with van der Waals surface area (Å²) in [5.74, 6) is 0.617. The Kier molecular flexibility index (Phi) is 3.86. The van der Waals surface area contributed by atoms with Crippen LogP contribution in [-0.2, 0) is 16.0 Å². The van der Waals surface area contributed by atoms with Crippen LogP contribution in [0.1, 0.15) is 44.1 Å². The van der Waals surface area contributed by atoms with Crippen molar-refractivity contribution in [2.45, 2.75) is 56.5 Å². The first-order valence-electron chi connectivity index (χ1n) is 10.0. The predicted molar refractivity (Wildman–Crippen MR) is 97.7 cm³/mol. The highest BCUT2D eigenvalue weighted by Gasteiger charge is 2.50. The Morgan fingerprint density at radius 2 is 1.92 bits per heavy atom. The van der Waals surface area contributed by atoms with Gasteiger partial charge in [-0.25, -0.2) is 0 Å². The normalized spacial score (nSPS) is 30.6. The highest BCUT2D eigenvalue weighted by molar-refractivity contribution is 5.96. The van der Waals surface area contributed by atoms with Crippen LogP contribution in [0.15, 0.2) is 24.3 Å². The topological polar surface area (TPSA) is 32.8 Å². The minimum absolute atomic E-state index is 0.122. The summed E-state index contributed by atoms with van der Waals surface area (Å²) in [7, 11) is 0. The Balaban J connectivity index is 1.50. The van der Waals surface area contributed by atoms with Crippen molar-refractivity contribution in [3.8, 4) is 0 Å². The average Bonchev–Trinajstić information content (AvgIpc) is 3.24. The fourth-order valence-electron chi connectivity index (χ4n) is 5.60. The van der Waals surface area contributed by atoms with Crippen molar-refractivity contribution in [2.75, 3.05) is 31.2 Å². The Bertz CT molecular complexity index is 666. The average molecular weight is 340 g/mol. The van der Waals surface area contributed by atoms with Gasteiger partial charge in [0.15, 0.2) is 0 Å².